The third-order valence-electron chi connectivity index (χ3n) is 4.98. The van der Waals surface area contributed by atoms with Crippen molar-refractivity contribution < 1.29 is 8.91 Å². The van der Waals surface area contributed by atoms with Crippen molar-refractivity contribution in [3.05, 3.63) is 47.8 Å². The third-order valence-corrected chi connectivity index (χ3v) is 4.98. The number of aromatic nitrogens is 3. The molecule has 0 radical (unpaired) electrons. The predicted octanol–water partition coefficient (Wildman–Crippen LogP) is 3.38. The van der Waals surface area contributed by atoms with E-state index >= 15 is 0 Å². The zero-order valence-electron chi connectivity index (χ0n) is 15.9. The summed E-state index contributed by atoms with van der Waals surface area (Å²) in [5.41, 5.74) is 1.87. The Morgan fingerprint density at radius 1 is 1.07 bits per heavy atom. The highest BCUT2D eigenvalue weighted by molar-refractivity contribution is 5.79. The average molecular weight is 369 g/mol. The molecule has 0 spiro atoms. The Morgan fingerprint density at radius 3 is 2.56 bits per heavy atom. The molecule has 1 aromatic carbocycles. The van der Waals surface area contributed by atoms with E-state index < -0.39 is 0 Å². The summed E-state index contributed by atoms with van der Waals surface area (Å²) < 4.78 is 20.3. The fourth-order valence-corrected chi connectivity index (χ4v) is 3.49. The van der Waals surface area contributed by atoms with Gasteiger partial charge in [0, 0.05) is 43.5 Å². The molecule has 0 saturated carbocycles. The van der Waals surface area contributed by atoms with E-state index in [2.05, 4.69) is 20.0 Å². The molecule has 7 heteroatoms. The Bertz CT molecular complexity index is 941. The van der Waals surface area contributed by atoms with Gasteiger partial charge in [0.2, 0.25) is 0 Å². The Kier molecular flexibility index (Phi) is 4.55. The van der Waals surface area contributed by atoms with E-state index in [1.54, 1.807) is 0 Å². The molecule has 142 valence electrons. The molecule has 0 aliphatic carbocycles. The molecule has 3 heterocycles. The van der Waals surface area contributed by atoms with Crippen LogP contribution in [0.15, 0.2) is 35.1 Å². The number of para-hydroxylation sites is 1. The minimum atomic E-state index is -0.350. The minimum Gasteiger partial charge on any atom is -0.356 e. The first-order valence-electron chi connectivity index (χ1n) is 9.25. The zero-order chi connectivity index (χ0) is 19.0. The number of piperazine rings is 1. The van der Waals surface area contributed by atoms with Crippen LogP contribution in [0, 0.1) is 5.82 Å². The first kappa shape index (κ1) is 17.9. The van der Waals surface area contributed by atoms with Gasteiger partial charge in [0.15, 0.2) is 17.2 Å². The van der Waals surface area contributed by atoms with Gasteiger partial charge in [-0.2, -0.15) is 0 Å². The molecule has 1 aliphatic rings. The third kappa shape index (κ3) is 3.51. The number of rotatable bonds is 3. The lowest BCUT2D eigenvalue weighted by Crippen LogP contribution is -2.46. The lowest BCUT2D eigenvalue weighted by molar-refractivity contribution is 0.242. The van der Waals surface area contributed by atoms with Gasteiger partial charge < -0.3 is 9.42 Å². The molecule has 1 fully saturated rings. The maximum Gasteiger partial charge on any atom is 0.187 e. The van der Waals surface area contributed by atoms with E-state index in [1.807, 2.05) is 49.9 Å². The van der Waals surface area contributed by atoms with Crippen molar-refractivity contribution in [2.45, 2.75) is 32.7 Å². The molecule has 1 aliphatic heterocycles. The van der Waals surface area contributed by atoms with Gasteiger partial charge in [-0.25, -0.2) is 14.4 Å². The van der Waals surface area contributed by atoms with Crippen molar-refractivity contribution in [2.75, 3.05) is 31.1 Å². The largest absolute Gasteiger partial charge is 0.356 e. The summed E-state index contributed by atoms with van der Waals surface area (Å²) in [5, 5.41) is 5.26. The van der Waals surface area contributed by atoms with Gasteiger partial charge in [0.25, 0.3) is 0 Å². The van der Waals surface area contributed by atoms with Crippen LogP contribution in [0.4, 0.5) is 10.2 Å². The molecule has 27 heavy (non-hydrogen) atoms. The highest BCUT2D eigenvalue weighted by Gasteiger charge is 2.27. The Morgan fingerprint density at radius 2 is 1.81 bits per heavy atom. The van der Waals surface area contributed by atoms with Crippen LogP contribution in [0.5, 0.6) is 0 Å². The van der Waals surface area contributed by atoms with Crippen molar-refractivity contribution >= 4 is 16.8 Å². The monoisotopic (exact) mass is 369 g/mol. The van der Waals surface area contributed by atoms with Gasteiger partial charge in [-0.05, 0) is 12.1 Å². The summed E-state index contributed by atoms with van der Waals surface area (Å²) in [7, 11) is 0. The van der Waals surface area contributed by atoms with Crippen LogP contribution in [0.3, 0.4) is 0 Å². The number of benzene rings is 1. The van der Waals surface area contributed by atoms with E-state index in [1.165, 1.54) is 6.33 Å². The second-order valence-electron chi connectivity index (χ2n) is 8.00. The minimum absolute atomic E-state index is 0.305. The summed E-state index contributed by atoms with van der Waals surface area (Å²) in [6.45, 7) is 9.67. The lowest BCUT2D eigenvalue weighted by atomic mass is 9.91. The number of halogens is 1. The maximum absolute atomic E-state index is 14.9. The molecule has 0 unspecified atom stereocenters. The molecule has 2 aromatic heterocycles. The molecule has 1 saturated heterocycles. The SMILES string of the molecule is CC(C)(C)c1ncnc(N2CCN(Cc3noc4ccccc34)CC2)c1F. The van der Waals surface area contributed by atoms with E-state index in [0.717, 1.165) is 36.3 Å². The average Bonchev–Trinajstić information content (AvgIpc) is 3.05. The highest BCUT2D eigenvalue weighted by Crippen LogP contribution is 2.28. The maximum atomic E-state index is 14.9. The van der Waals surface area contributed by atoms with Crippen molar-refractivity contribution in [1.29, 1.82) is 0 Å². The lowest BCUT2D eigenvalue weighted by Gasteiger charge is -2.35. The molecule has 0 amide bonds. The first-order chi connectivity index (χ1) is 12.9. The molecule has 6 nitrogen and oxygen atoms in total. The van der Waals surface area contributed by atoms with Gasteiger partial charge in [-0.1, -0.05) is 38.1 Å². The van der Waals surface area contributed by atoms with Crippen molar-refractivity contribution in [3.8, 4) is 0 Å². The molecule has 0 atom stereocenters. The second kappa shape index (κ2) is 6.88. The number of anilines is 1. The number of hydrogen-bond donors (Lipinski definition) is 0. The van der Waals surface area contributed by atoms with Gasteiger partial charge >= 0.3 is 0 Å². The Balaban J connectivity index is 1.45. The topological polar surface area (TPSA) is 58.3 Å². The molecule has 4 rings (SSSR count). The van der Waals surface area contributed by atoms with E-state index in [-0.39, 0.29) is 11.2 Å². The standard InChI is InChI=1S/C20H24FN5O/c1-20(2,3)18-17(21)19(23-13-22-18)26-10-8-25(9-11-26)12-15-14-6-4-5-7-16(14)27-24-15/h4-7,13H,8-12H2,1-3H3. The first-order valence-corrected chi connectivity index (χ1v) is 9.25. The summed E-state index contributed by atoms with van der Waals surface area (Å²) in [6, 6.07) is 7.89. The summed E-state index contributed by atoms with van der Waals surface area (Å²) >= 11 is 0. The van der Waals surface area contributed by atoms with Gasteiger partial charge in [0.05, 0.1) is 5.69 Å². The van der Waals surface area contributed by atoms with Crippen LogP contribution in [0.2, 0.25) is 0 Å². The van der Waals surface area contributed by atoms with Crippen LogP contribution in [0.25, 0.3) is 11.0 Å². The van der Waals surface area contributed by atoms with Crippen molar-refractivity contribution in [1.82, 2.24) is 20.0 Å². The van der Waals surface area contributed by atoms with Crippen molar-refractivity contribution in [2.24, 2.45) is 0 Å². The van der Waals surface area contributed by atoms with E-state index in [4.69, 9.17) is 4.52 Å². The van der Waals surface area contributed by atoms with Gasteiger partial charge in [-0.3, -0.25) is 4.90 Å². The predicted molar refractivity (Wildman–Crippen MR) is 102 cm³/mol. The smallest absolute Gasteiger partial charge is 0.187 e. The zero-order valence-corrected chi connectivity index (χ0v) is 15.9. The van der Waals surface area contributed by atoms with Crippen LogP contribution < -0.4 is 4.90 Å². The molecule has 0 N–H and O–H groups in total. The van der Waals surface area contributed by atoms with Crippen molar-refractivity contribution in [3.63, 3.8) is 0 Å². The molecule has 0 bridgehead atoms. The van der Waals surface area contributed by atoms with E-state index in [9.17, 15) is 4.39 Å². The van der Waals surface area contributed by atoms with Crippen LogP contribution >= 0.6 is 0 Å². The summed E-state index contributed by atoms with van der Waals surface area (Å²) in [6.07, 6.45) is 1.47. The number of hydrogen-bond acceptors (Lipinski definition) is 6. The molecular weight excluding hydrogens is 345 g/mol. The normalized spacial score (nSPS) is 16.2. The quantitative estimate of drug-likeness (QED) is 0.705. The van der Waals surface area contributed by atoms with E-state index in [0.29, 0.717) is 24.6 Å². The second-order valence-corrected chi connectivity index (χ2v) is 8.00. The Hall–Kier alpha value is -2.54. The molecule has 3 aromatic rings. The van der Waals surface area contributed by atoms with Crippen LogP contribution in [-0.4, -0.2) is 46.2 Å². The van der Waals surface area contributed by atoms with Crippen LogP contribution in [-0.2, 0) is 12.0 Å². The van der Waals surface area contributed by atoms with Crippen LogP contribution in [0.1, 0.15) is 32.2 Å². The highest BCUT2D eigenvalue weighted by atomic mass is 19.1. The molecular formula is C20H24FN5O. The fourth-order valence-electron chi connectivity index (χ4n) is 3.49. The fraction of sp³-hybridized carbons (Fsp3) is 0.450. The number of nitrogens with zero attached hydrogens (tertiary/aromatic N) is 5. The summed E-state index contributed by atoms with van der Waals surface area (Å²) in [5.74, 6) is 0.0995. The van der Waals surface area contributed by atoms with Gasteiger partial charge in [0.1, 0.15) is 12.0 Å². The summed E-state index contributed by atoms with van der Waals surface area (Å²) in [4.78, 5) is 12.7. The number of fused-ring (bicyclic) bond motifs is 1. The Labute approximate surface area is 158 Å². The van der Waals surface area contributed by atoms with Gasteiger partial charge in [-0.15, -0.1) is 0 Å².